The number of fused-ring (bicyclic) bond motifs is 1. The number of carboxylic acids is 1. The van der Waals surface area contributed by atoms with E-state index < -0.39 is 5.97 Å². The molecule has 0 unspecified atom stereocenters. The van der Waals surface area contributed by atoms with E-state index in [1.165, 1.54) is 5.56 Å². The van der Waals surface area contributed by atoms with Crippen LogP contribution in [-0.2, 0) is 17.6 Å². The predicted octanol–water partition coefficient (Wildman–Crippen LogP) is 0.795. The Morgan fingerprint density at radius 3 is 2.88 bits per heavy atom. The summed E-state index contributed by atoms with van der Waals surface area (Å²) in [4.78, 5) is 20.9. The van der Waals surface area contributed by atoms with Crippen molar-refractivity contribution in [1.82, 2.24) is 9.97 Å². The first kappa shape index (κ1) is 10.9. The summed E-state index contributed by atoms with van der Waals surface area (Å²) < 4.78 is 0. The molecule has 1 aromatic rings. The third-order valence-electron chi connectivity index (χ3n) is 2.84. The molecule has 0 atom stereocenters. The first-order valence-corrected chi connectivity index (χ1v) is 5.37. The van der Waals surface area contributed by atoms with Crippen LogP contribution in [0.3, 0.4) is 0 Å². The second-order valence-electron chi connectivity index (χ2n) is 4.14. The molecule has 86 valence electrons. The van der Waals surface area contributed by atoms with Crippen molar-refractivity contribution >= 4 is 11.9 Å². The molecule has 0 aromatic carbocycles. The lowest BCUT2D eigenvalue weighted by Gasteiger charge is -2.16. The van der Waals surface area contributed by atoms with E-state index in [0.717, 1.165) is 30.7 Å². The Bertz CT molecular complexity index is 431. The third kappa shape index (κ3) is 1.98. The van der Waals surface area contributed by atoms with Crippen molar-refractivity contribution < 1.29 is 9.90 Å². The number of hydrogen-bond acceptors (Lipinski definition) is 4. The third-order valence-corrected chi connectivity index (χ3v) is 2.84. The van der Waals surface area contributed by atoms with Crippen LogP contribution in [0.5, 0.6) is 0 Å². The SMILES string of the molecule is Cc1nc(N(C)CC(=O)O)nc2c1CCC2. The van der Waals surface area contributed by atoms with Gasteiger partial charge in [-0.2, -0.15) is 0 Å². The molecular weight excluding hydrogens is 206 g/mol. The van der Waals surface area contributed by atoms with Crippen molar-refractivity contribution in [1.29, 1.82) is 0 Å². The molecule has 0 radical (unpaired) electrons. The molecular formula is C11H15N3O2. The van der Waals surface area contributed by atoms with E-state index in [-0.39, 0.29) is 6.54 Å². The minimum Gasteiger partial charge on any atom is -0.480 e. The molecule has 1 aliphatic rings. The highest BCUT2D eigenvalue weighted by Gasteiger charge is 2.18. The average molecular weight is 221 g/mol. The number of aromatic nitrogens is 2. The first-order valence-electron chi connectivity index (χ1n) is 5.37. The molecule has 5 nitrogen and oxygen atoms in total. The van der Waals surface area contributed by atoms with E-state index in [2.05, 4.69) is 9.97 Å². The van der Waals surface area contributed by atoms with Gasteiger partial charge >= 0.3 is 5.97 Å². The van der Waals surface area contributed by atoms with Crippen LogP contribution in [0.15, 0.2) is 0 Å². The normalized spacial score (nSPS) is 13.6. The lowest BCUT2D eigenvalue weighted by Crippen LogP contribution is -2.27. The number of aryl methyl sites for hydroxylation is 2. The number of aliphatic carboxylic acids is 1. The van der Waals surface area contributed by atoms with Gasteiger partial charge in [-0.25, -0.2) is 9.97 Å². The minimum absolute atomic E-state index is 0.0712. The van der Waals surface area contributed by atoms with E-state index in [0.29, 0.717) is 5.95 Å². The molecule has 1 heterocycles. The van der Waals surface area contributed by atoms with E-state index in [4.69, 9.17) is 5.11 Å². The summed E-state index contributed by atoms with van der Waals surface area (Å²) in [6, 6.07) is 0. The van der Waals surface area contributed by atoms with Crippen molar-refractivity contribution in [3.63, 3.8) is 0 Å². The molecule has 5 heteroatoms. The van der Waals surface area contributed by atoms with E-state index in [9.17, 15) is 4.79 Å². The molecule has 0 amide bonds. The van der Waals surface area contributed by atoms with Crippen LogP contribution in [0.4, 0.5) is 5.95 Å². The van der Waals surface area contributed by atoms with Gasteiger partial charge in [-0.15, -0.1) is 0 Å². The molecule has 0 saturated heterocycles. The molecule has 16 heavy (non-hydrogen) atoms. The van der Waals surface area contributed by atoms with Gasteiger partial charge in [0, 0.05) is 18.4 Å². The minimum atomic E-state index is -0.871. The monoisotopic (exact) mass is 221 g/mol. The van der Waals surface area contributed by atoms with Gasteiger partial charge in [-0.05, 0) is 31.7 Å². The summed E-state index contributed by atoms with van der Waals surface area (Å²) in [5.74, 6) is -0.357. The Morgan fingerprint density at radius 2 is 2.19 bits per heavy atom. The van der Waals surface area contributed by atoms with Crippen LogP contribution >= 0.6 is 0 Å². The van der Waals surface area contributed by atoms with Crippen molar-refractivity contribution in [2.75, 3.05) is 18.5 Å². The van der Waals surface area contributed by atoms with Gasteiger partial charge in [0.05, 0.1) is 0 Å². The maximum absolute atomic E-state index is 10.6. The standard InChI is InChI=1S/C11H15N3O2/c1-7-8-4-3-5-9(8)13-11(12-7)14(2)6-10(15)16/h3-6H2,1-2H3,(H,15,16). The van der Waals surface area contributed by atoms with Gasteiger partial charge in [-0.3, -0.25) is 4.79 Å². The highest BCUT2D eigenvalue weighted by atomic mass is 16.4. The summed E-state index contributed by atoms with van der Waals surface area (Å²) in [5.41, 5.74) is 3.31. The van der Waals surface area contributed by atoms with Gasteiger partial charge in [0.1, 0.15) is 6.54 Å². The molecule has 1 aromatic heterocycles. The lowest BCUT2D eigenvalue weighted by molar-refractivity contribution is -0.135. The van der Waals surface area contributed by atoms with Crippen LogP contribution < -0.4 is 4.90 Å². The maximum atomic E-state index is 10.6. The van der Waals surface area contributed by atoms with Gasteiger partial charge < -0.3 is 10.0 Å². The van der Waals surface area contributed by atoms with Crippen LogP contribution in [-0.4, -0.2) is 34.6 Å². The largest absolute Gasteiger partial charge is 0.480 e. The van der Waals surface area contributed by atoms with Crippen molar-refractivity contribution in [2.24, 2.45) is 0 Å². The van der Waals surface area contributed by atoms with Gasteiger partial charge in [0.25, 0.3) is 0 Å². The Balaban J connectivity index is 2.29. The van der Waals surface area contributed by atoms with Crippen LogP contribution in [0.2, 0.25) is 0 Å². The van der Waals surface area contributed by atoms with Gasteiger partial charge in [0.15, 0.2) is 0 Å². The fourth-order valence-corrected chi connectivity index (χ4v) is 2.05. The van der Waals surface area contributed by atoms with Gasteiger partial charge in [0.2, 0.25) is 5.95 Å². The fraction of sp³-hybridized carbons (Fsp3) is 0.545. The average Bonchev–Trinajstić information content (AvgIpc) is 2.64. The quantitative estimate of drug-likeness (QED) is 0.817. The molecule has 0 bridgehead atoms. The molecule has 0 saturated carbocycles. The van der Waals surface area contributed by atoms with Crippen LogP contribution in [0, 0.1) is 6.92 Å². The molecule has 1 N–H and O–H groups in total. The summed E-state index contributed by atoms with van der Waals surface area (Å²) in [6.07, 6.45) is 3.15. The van der Waals surface area contributed by atoms with E-state index >= 15 is 0 Å². The summed E-state index contributed by atoms with van der Waals surface area (Å²) in [7, 11) is 1.70. The summed E-state index contributed by atoms with van der Waals surface area (Å²) >= 11 is 0. The Morgan fingerprint density at radius 1 is 1.44 bits per heavy atom. The number of hydrogen-bond donors (Lipinski definition) is 1. The number of likely N-dealkylation sites (N-methyl/N-ethyl adjacent to an activating group) is 1. The smallest absolute Gasteiger partial charge is 0.323 e. The lowest BCUT2D eigenvalue weighted by atomic mass is 10.2. The van der Waals surface area contributed by atoms with Crippen LogP contribution in [0.1, 0.15) is 23.4 Å². The van der Waals surface area contributed by atoms with Crippen molar-refractivity contribution in [3.05, 3.63) is 17.0 Å². The van der Waals surface area contributed by atoms with Crippen molar-refractivity contribution in [2.45, 2.75) is 26.2 Å². The second kappa shape index (κ2) is 4.08. The summed E-state index contributed by atoms with van der Waals surface area (Å²) in [5, 5.41) is 8.71. The molecule has 0 spiro atoms. The Hall–Kier alpha value is -1.65. The van der Waals surface area contributed by atoms with E-state index in [1.54, 1.807) is 11.9 Å². The van der Waals surface area contributed by atoms with Crippen molar-refractivity contribution in [3.8, 4) is 0 Å². The Kier molecular flexibility index (Phi) is 2.77. The summed E-state index contributed by atoms with van der Waals surface area (Å²) in [6.45, 7) is 1.89. The zero-order chi connectivity index (χ0) is 11.7. The fourth-order valence-electron chi connectivity index (χ4n) is 2.05. The number of rotatable bonds is 3. The van der Waals surface area contributed by atoms with E-state index in [1.807, 2.05) is 6.92 Å². The molecule has 2 rings (SSSR count). The highest BCUT2D eigenvalue weighted by Crippen LogP contribution is 2.24. The maximum Gasteiger partial charge on any atom is 0.323 e. The highest BCUT2D eigenvalue weighted by molar-refractivity contribution is 5.72. The zero-order valence-electron chi connectivity index (χ0n) is 9.53. The predicted molar refractivity (Wildman–Crippen MR) is 59.7 cm³/mol. The zero-order valence-corrected chi connectivity index (χ0v) is 9.53. The second-order valence-corrected chi connectivity index (χ2v) is 4.14. The van der Waals surface area contributed by atoms with Gasteiger partial charge in [-0.1, -0.05) is 0 Å². The molecule has 0 fully saturated rings. The number of carboxylic acid groups (broad SMARTS) is 1. The van der Waals surface area contributed by atoms with Crippen LogP contribution in [0.25, 0.3) is 0 Å². The topological polar surface area (TPSA) is 66.3 Å². The number of nitrogens with zero attached hydrogens (tertiary/aromatic N) is 3. The molecule has 1 aliphatic carbocycles. The Labute approximate surface area is 94.1 Å². The first-order chi connectivity index (χ1) is 7.58. The molecule has 0 aliphatic heterocycles. The number of anilines is 1. The number of carbonyl (C=O) groups is 1.